The molecular weight excluding hydrogens is 555 g/mol. The molecule has 0 radical (unpaired) electrons. The van der Waals surface area contributed by atoms with Gasteiger partial charge in [0.05, 0.1) is 34.1 Å². The number of phenols is 1. The molecule has 4 aromatic rings. The fourth-order valence-corrected chi connectivity index (χ4v) is 7.89. The van der Waals surface area contributed by atoms with Crippen LogP contribution in [0, 0.1) is 30.0 Å². The van der Waals surface area contributed by atoms with E-state index in [0.717, 1.165) is 62.9 Å². The Morgan fingerprint density at radius 3 is 2.48 bits per heavy atom. The first-order valence-electron chi connectivity index (χ1n) is 15.9. The average molecular weight is 595 g/mol. The van der Waals surface area contributed by atoms with E-state index in [1.807, 2.05) is 6.07 Å². The molecule has 4 heterocycles. The smallest absolute Gasteiger partial charge is 0.279 e. The molecule has 0 spiro atoms. The third-order valence-electron chi connectivity index (χ3n) is 10.1. The lowest BCUT2D eigenvalue weighted by Crippen LogP contribution is -2.43. The molecule has 0 bridgehead atoms. The first-order chi connectivity index (χ1) is 21.3. The van der Waals surface area contributed by atoms with E-state index < -0.39 is 5.82 Å². The van der Waals surface area contributed by atoms with E-state index >= 15 is 0 Å². The lowest BCUT2D eigenvalue weighted by molar-refractivity contribution is 0.114. The number of hydrogen-bond donors (Lipinski definition) is 1. The van der Waals surface area contributed by atoms with E-state index in [0.29, 0.717) is 40.4 Å². The molecule has 1 aromatic heterocycles. The van der Waals surface area contributed by atoms with Crippen LogP contribution in [0.2, 0.25) is 0 Å². The Hall–Kier alpha value is -4.09. The van der Waals surface area contributed by atoms with E-state index in [4.69, 9.17) is 11.2 Å². The Labute approximate surface area is 257 Å². The zero-order valence-corrected chi connectivity index (χ0v) is 25.5. The summed E-state index contributed by atoms with van der Waals surface area (Å²) < 4.78 is 22.7. The van der Waals surface area contributed by atoms with Gasteiger partial charge in [0.15, 0.2) is 0 Å². The molecule has 8 heteroatoms. The number of aromatic nitrogens is 2. The molecule has 1 N–H and O–H groups in total. The zero-order valence-electron chi connectivity index (χ0n) is 25.5. The van der Waals surface area contributed by atoms with Gasteiger partial charge < -0.3 is 14.7 Å². The summed E-state index contributed by atoms with van der Waals surface area (Å²) in [4.78, 5) is 19.3. The van der Waals surface area contributed by atoms with Crippen molar-refractivity contribution >= 4 is 27.2 Å². The van der Waals surface area contributed by atoms with Crippen molar-refractivity contribution in [2.75, 3.05) is 37.7 Å². The number of terminal acetylenes is 1. The molecule has 3 saturated heterocycles. The highest BCUT2D eigenvalue weighted by atomic mass is 19.1. The standard InChI is InChI=1S/C36H39FN4O3/c1-4-28-31(37)10-9-25-15-26(42)16-33(34(25)28)41-35(43)29-17-27(44-22-36-11-5-13-40(36)14-6-12-36)18-32(30(29)19-38-41)39-20-23(2)7-8-24(3)21-39/h1,9-10,15-19,23-24,42H,5-8,11-14,20-22H2,2-3H3. The first kappa shape index (κ1) is 28.7. The Morgan fingerprint density at radius 1 is 1.05 bits per heavy atom. The SMILES string of the molecule is C#Cc1c(F)ccc2cc(O)cc(-n3ncc4c(N5CC(C)CCC(C)C5)cc(OCC56CCCN5CCC6)cc4c3=O)c12. The molecule has 0 aliphatic carbocycles. The molecule has 7 rings (SSSR count). The number of ether oxygens (including phenoxy) is 1. The van der Waals surface area contributed by atoms with E-state index in [1.165, 1.54) is 35.7 Å². The summed E-state index contributed by atoms with van der Waals surface area (Å²) in [6.07, 6.45) is 14.4. The van der Waals surface area contributed by atoms with Gasteiger partial charge in [-0.1, -0.05) is 25.8 Å². The molecule has 3 aliphatic rings. The van der Waals surface area contributed by atoms with Gasteiger partial charge in [-0.15, -0.1) is 6.42 Å². The number of phenolic OH excluding ortho intramolecular Hbond substituents is 1. The third-order valence-corrected chi connectivity index (χ3v) is 10.1. The van der Waals surface area contributed by atoms with Gasteiger partial charge in [0.2, 0.25) is 0 Å². The van der Waals surface area contributed by atoms with E-state index in [1.54, 1.807) is 12.3 Å². The second-order valence-corrected chi connectivity index (χ2v) is 13.3. The van der Waals surface area contributed by atoms with Gasteiger partial charge in [-0.3, -0.25) is 9.69 Å². The van der Waals surface area contributed by atoms with Crippen molar-refractivity contribution in [2.24, 2.45) is 11.8 Å². The maximum atomic E-state index is 14.8. The van der Waals surface area contributed by atoms with Crippen LogP contribution in [0.3, 0.4) is 0 Å². The number of anilines is 1. The third kappa shape index (κ3) is 4.88. The van der Waals surface area contributed by atoms with Crippen LogP contribution in [0.25, 0.3) is 27.2 Å². The highest BCUT2D eigenvalue weighted by molar-refractivity contribution is 5.98. The van der Waals surface area contributed by atoms with Crippen LogP contribution in [-0.4, -0.2) is 58.1 Å². The van der Waals surface area contributed by atoms with E-state index in [9.17, 15) is 14.3 Å². The highest BCUT2D eigenvalue weighted by Crippen LogP contribution is 2.40. The second-order valence-electron chi connectivity index (χ2n) is 13.3. The predicted octanol–water partition coefficient (Wildman–Crippen LogP) is 6.24. The van der Waals surface area contributed by atoms with Crippen LogP contribution >= 0.6 is 0 Å². The van der Waals surface area contributed by atoms with Crippen LogP contribution < -0.4 is 15.2 Å². The number of fused-ring (bicyclic) bond motifs is 3. The van der Waals surface area contributed by atoms with Crippen molar-refractivity contribution in [1.82, 2.24) is 14.7 Å². The van der Waals surface area contributed by atoms with Crippen molar-refractivity contribution in [1.29, 1.82) is 0 Å². The minimum absolute atomic E-state index is 0.0218. The molecule has 0 amide bonds. The molecule has 228 valence electrons. The largest absolute Gasteiger partial charge is 0.508 e. The van der Waals surface area contributed by atoms with Gasteiger partial charge in [0.1, 0.15) is 23.9 Å². The Kier molecular flexibility index (Phi) is 7.25. The number of halogens is 1. The lowest BCUT2D eigenvalue weighted by Gasteiger charge is -2.32. The molecule has 2 unspecified atom stereocenters. The fraction of sp³-hybridized carbons (Fsp3) is 0.444. The van der Waals surface area contributed by atoms with E-state index in [-0.39, 0.29) is 28.1 Å². The van der Waals surface area contributed by atoms with Crippen molar-refractivity contribution in [2.45, 2.75) is 57.9 Å². The summed E-state index contributed by atoms with van der Waals surface area (Å²) in [7, 11) is 0. The van der Waals surface area contributed by atoms with Gasteiger partial charge in [-0.05, 0) is 87.0 Å². The number of hydrogen-bond acceptors (Lipinski definition) is 6. The number of benzene rings is 3. The van der Waals surface area contributed by atoms with Gasteiger partial charge >= 0.3 is 0 Å². The fourth-order valence-electron chi connectivity index (χ4n) is 7.89. The summed E-state index contributed by atoms with van der Waals surface area (Å²) in [5, 5.41) is 17.2. The molecule has 44 heavy (non-hydrogen) atoms. The molecule has 2 atom stereocenters. The zero-order chi connectivity index (χ0) is 30.6. The van der Waals surface area contributed by atoms with Gasteiger partial charge in [0.25, 0.3) is 5.56 Å². The van der Waals surface area contributed by atoms with Crippen LogP contribution in [0.1, 0.15) is 57.9 Å². The van der Waals surface area contributed by atoms with Gasteiger partial charge in [-0.2, -0.15) is 9.78 Å². The van der Waals surface area contributed by atoms with Crippen molar-refractivity contribution in [3.63, 3.8) is 0 Å². The van der Waals surface area contributed by atoms with Gasteiger partial charge in [0, 0.05) is 36.0 Å². The monoisotopic (exact) mass is 594 g/mol. The number of rotatable bonds is 5. The Morgan fingerprint density at radius 2 is 1.77 bits per heavy atom. The topological polar surface area (TPSA) is 70.8 Å². The summed E-state index contributed by atoms with van der Waals surface area (Å²) in [5.74, 6) is 3.46. The lowest BCUT2D eigenvalue weighted by atomic mass is 9.95. The van der Waals surface area contributed by atoms with Crippen LogP contribution in [0.15, 0.2) is 47.4 Å². The van der Waals surface area contributed by atoms with Crippen molar-refractivity contribution in [3.05, 3.63) is 64.3 Å². The van der Waals surface area contributed by atoms with Crippen LogP contribution in [0.5, 0.6) is 11.5 Å². The quantitative estimate of drug-likeness (QED) is 0.276. The maximum Gasteiger partial charge on any atom is 0.279 e. The molecule has 7 nitrogen and oxygen atoms in total. The normalized spacial score (nSPS) is 21.8. The van der Waals surface area contributed by atoms with E-state index in [2.05, 4.69) is 40.7 Å². The number of nitrogens with zero attached hydrogens (tertiary/aromatic N) is 4. The minimum Gasteiger partial charge on any atom is -0.508 e. The summed E-state index contributed by atoms with van der Waals surface area (Å²) in [6.45, 7) is 9.14. The molecule has 3 fully saturated rings. The highest BCUT2D eigenvalue weighted by Gasteiger charge is 2.44. The van der Waals surface area contributed by atoms with Crippen LogP contribution in [-0.2, 0) is 0 Å². The second kappa shape index (κ2) is 11.1. The predicted molar refractivity (Wildman–Crippen MR) is 172 cm³/mol. The summed E-state index contributed by atoms with van der Waals surface area (Å²) in [6, 6.07) is 9.64. The van der Waals surface area contributed by atoms with Gasteiger partial charge in [-0.25, -0.2) is 4.39 Å². The van der Waals surface area contributed by atoms with Crippen molar-refractivity contribution < 1.29 is 14.2 Å². The maximum absolute atomic E-state index is 14.8. The Balaban J connectivity index is 1.40. The average Bonchev–Trinajstić information content (AvgIpc) is 3.54. The Bertz CT molecular complexity index is 1840. The first-order valence-corrected chi connectivity index (χ1v) is 15.9. The molecular formula is C36H39FN4O3. The van der Waals surface area contributed by atoms with Crippen LogP contribution in [0.4, 0.5) is 10.1 Å². The van der Waals surface area contributed by atoms with Crippen molar-refractivity contribution in [3.8, 4) is 29.5 Å². The molecule has 3 aromatic carbocycles. The molecule has 0 saturated carbocycles. The molecule has 3 aliphatic heterocycles. The number of aromatic hydroxyl groups is 1. The summed E-state index contributed by atoms with van der Waals surface area (Å²) >= 11 is 0. The summed E-state index contributed by atoms with van der Waals surface area (Å²) in [5.41, 5.74) is 0.878. The minimum atomic E-state index is -0.574.